The van der Waals surface area contributed by atoms with E-state index in [4.69, 9.17) is 22.9 Å². The van der Waals surface area contributed by atoms with Gasteiger partial charge in [0.2, 0.25) is 0 Å². The van der Waals surface area contributed by atoms with Crippen LogP contribution in [0.3, 0.4) is 0 Å². The maximum Gasteiger partial charge on any atom is 0.193 e. The zero-order chi connectivity index (χ0) is 16.3. The van der Waals surface area contributed by atoms with Crippen molar-refractivity contribution in [2.24, 2.45) is 28.9 Å². The van der Waals surface area contributed by atoms with Crippen LogP contribution in [-0.4, -0.2) is 29.7 Å². The molecule has 0 saturated heterocycles. The number of ketones is 2. The lowest BCUT2D eigenvalue weighted by atomic mass is 9.67. The van der Waals surface area contributed by atoms with Crippen LogP contribution >= 0.6 is 0 Å². The van der Waals surface area contributed by atoms with Crippen LogP contribution in [0.1, 0.15) is 26.7 Å². The first-order valence-electron chi connectivity index (χ1n) is 7.55. The van der Waals surface area contributed by atoms with Crippen molar-refractivity contribution in [3.05, 3.63) is 33.6 Å². The van der Waals surface area contributed by atoms with Crippen LogP contribution in [0.5, 0.6) is 0 Å². The van der Waals surface area contributed by atoms with Crippen molar-refractivity contribution in [3.63, 3.8) is 0 Å². The fourth-order valence-electron chi connectivity index (χ4n) is 3.79. The van der Waals surface area contributed by atoms with Crippen molar-refractivity contribution in [2.75, 3.05) is 0 Å². The van der Waals surface area contributed by atoms with Gasteiger partial charge < -0.3 is 22.9 Å². The third kappa shape index (κ3) is 1.84. The van der Waals surface area contributed by atoms with Crippen LogP contribution in [0.15, 0.2) is 33.6 Å². The van der Waals surface area contributed by atoms with Gasteiger partial charge in [-0.25, -0.2) is 0 Å². The highest BCUT2D eigenvalue weighted by atomic mass is 16.1. The Labute approximate surface area is 129 Å². The Balaban J connectivity index is 2.23. The molecule has 118 valence electrons. The van der Waals surface area contributed by atoms with Crippen molar-refractivity contribution in [3.8, 4) is 0 Å². The van der Waals surface area contributed by atoms with Crippen LogP contribution in [0, 0.1) is 5.92 Å². The summed E-state index contributed by atoms with van der Waals surface area (Å²) >= 11 is 0. The van der Waals surface area contributed by atoms with Crippen molar-refractivity contribution in [2.45, 2.75) is 44.8 Å². The Kier molecular flexibility index (Phi) is 3.36. The summed E-state index contributed by atoms with van der Waals surface area (Å²) in [6.45, 7) is 3.77. The van der Waals surface area contributed by atoms with Crippen molar-refractivity contribution < 1.29 is 9.59 Å². The van der Waals surface area contributed by atoms with Crippen molar-refractivity contribution in [1.29, 1.82) is 0 Å². The second kappa shape index (κ2) is 4.87. The van der Waals surface area contributed by atoms with E-state index < -0.39 is 18.1 Å². The number of allylic oxidation sites excluding steroid dienone is 1. The molecule has 0 radical (unpaired) electrons. The van der Waals surface area contributed by atoms with E-state index in [2.05, 4.69) is 0 Å². The average molecular weight is 302 g/mol. The number of nitrogens with two attached hydrogens (primary N) is 4. The average Bonchev–Trinajstić information content (AvgIpc) is 2.44. The number of rotatable bonds is 0. The highest BCUT2D eigenvalue weighted by Crippen LogP contribution is 2.40. The summed E-state index contributed by atoms with van der Waals surface area (Å²) in [4.78, 5) is 25.9. The Bertz CT molecular complexity index is 686. The van der Waals surface area contributed by atoms with Gasteiger partial charge in [0.15, 0.2) is 11.6 Å². The molecule has 8 N–H and O–H groups in total. The molecule has 6 heteroatoms. The van der Waals surface area contributed by atoms with Gasteiger partial charge in [-0.15, -0.1) is 0 Å². The van der Waals surface area contributed by atoms with E-state index in [0.717, 1.165) is 5.57 Å². The number of carbonyl (C=O) groups excluding carboxylic acids is 2. The zero-order valence-electron chi connectivity index (χ0n) is 12.8. The molecule has 0 aromatic heterocycles. The fraction of sp³-hybridized carbons (Fsp3) is 0.500. The molecule has 6 nitrogen and oxygen atoms in total. The van der Waals surface area contributed by atoms with Crippen molar-refractivity contribution >= 4 is 11.6 Å². The first-order chi connectivity index (χ1) is 10.3. The van der Waals surface area contributed by atoms with E-state index in [1.807, 2.05) is 13.8 Å². The minimum Gasteiger partial charge on any atom is -0.398 e. The van der Waals surface area contributed by atoms with Gasteiger partial charge in [0, 0.05) is 40.5 Å². The quantitative estimate of drug-likeness (QED) is 0.440. The third-order valence-corrected chi connectivity index (χ3v) is 5.09. The SMILES string of the molecule is CC1=C(N)C2=C(C(=O)C3=C(C2=O)C(N)C(C)CC3N)C(N)C1. The molecule has 0 fully saturated rings. The largest absolute Gasteiger partial charge is 0.398 e. The highest BCUT2D eigenvalue weighted by Gasteiger charge is 2.46. The molecular weight excluding hydrogens is 280 g/mol. The van der Waals surface area contributed by atoms with E-state index >= 15 is 0 Å². The van der Waals surface area contributed by atoms with Crippen LogP contribution in [0.2, 0.25) is 0 Å². The first-order valence-corrected chi connectivity index (χ1v) is 7.55. The number of Topliss-reactive ketones (excluding diaryl/α,β-unsaturated/α-hetero) is 2. The van der Waals surface area contributed by atoms with E-state index in [9.17, 15) is 9.59 Å². The predicted octanol–water partition coefficient (Wildman–Crippen LogP) is -0.610. The first kappa shape index (κ1) is 15.1. The molecule has 0 amide bonds. The number of hydrogen-bond donors (Lipinski definition) is 4. The lowest BCUT2D eigenvalue weighted by Gasteiger charge is -2.39. The lowest BCUT2D eigenvalue weighted by Crippen LogP contribution is -2.51. The summed E-state index contributed by atoms with van der Waals surface area (Å²) in [5.41, 5.74) is 26.9. The smallest absolute Gasteiger partial charge is 0.193 e. The summed E-state index contributed by atoms with van der Waals surface area (Å²) in [5.74, 6) is -0.482. The standard InChI is InChI=1S/C16H22N4O2/c1-5-3-7(17)9-11(13(5)19)16(22)12-10(15(9)21)8(18)4-6(2)14(12)20/h5,7-8,13H,3-4,17-20H2,1-2H3. The van der Waals surface area contributed by atoms with Gasteiger partial charge in [0.1, 0.15) is 0 Å². The van der Waals surface area contributed by atoms with Gasteiger partial charge >= 0.3 is 0 Å². The summed E-state index contributed by atoms with van der Waals surface area (Å²) in [5, 5.41) is 0. The molecule has 0 bridgehead atoms. The van der Waals surface area contributed by atoms with Crippen LogP contribution in [0.25, 0.3) is 0 Å². The molecule has 22 heavy (non-hydrogen) atoms. The normalized spacial score (nSPS) is 35.9. The lowest BCUT2D eigenvalue weighted by molar-refractivity contribution is -0.117. The topological polar surface area (TPSA) is 138 Å². The Morgan fingerprint density at radius 2 is 1.59 bits per heavy atom. The third-order valence-electron chi connectivity index (χ3n) is 5.09. The molecule has 0 heterocycles. The van der Waals surface area contributed by atoms with Crippen molar-refractivity contribution in [1.82, 2.24) is 0 Å². The Hall–Kier alpha value is -1.76. The Morgan fingerprint density at radius 3 is 2.23 bits per heavy atom. The molecular formula is C16H22N4O2. The van der Waals surface area contributed by atoms with Gasteiger partial charge in [0.05, 0.1) is 5.57 Å². The van der Waals surface area contributed by atoms with Crippen LogP contribution in [-0.2, 0) is 9.59 Å². The molecule has 3 aliphatic carbocycles. The maximum absolute atomic E-state index is 13.0. The molecule has 4 unspecified atom stereocenters. The zero-order valence-corrected chi connectivity index (χ0v) is 12.8. The van der Waals surface area contributed by atoms with Gasteiger partial charge in [-0.05, 0) is 31.3 Å². The van der Waals surface area contributed by atoms with E-state index in [0.29, 0.717) is 35.3 Å². The van der Waals surface area contributed by atoms with Gasteiger partial charge in [-0.3, -0.25) is 9.59 Å². The highest BCUT2D eigenvalue weighted by molar-refractivity contribution is 6.28. The van der Waals surface area contributed by atoms with Crippen LogP contribution < -0.4 is 22.9 Å². The summed E-state index contributed by atoms with van der Waals surface area (Å²) in [6.07, 6.45) is 1.06. The van der Waals surface area contributed by atoms with E-state index in [1.165, 1.54) is 0 Å². The van der Waals surface area contributed by atoms with Gasteiger partial charge in [-0.1, -0.05) is 6.92 Å². The summed E-state index contributed by atoms with van der Waals surface area (Å²) < 4.78 is 0. The number of carbonyl (C=O) groups is 2. The maximum atomic E-state index is 13.0. The molecule has 0 aromatic carbocycles. The molecule has 0 spiro atoms. The molecule has 0 aromatic rings. The molecule has 3 aliphatic rings. The van der Waals surface area contributed by atoms with Crippen LogP contribution in [0.4, 0.5) is 0 Å². The second-order valence-corrected chi connectivity index (χ2v) is 6.62. The fourth-order valence-corrected chi connectivity index (χ4v) is 3.79. The van der Waals surface area contributed by atoms with Gasteiger partial charge in [-0.2, -0.15) is 0 Å². The number of hydrogen-bond acceptors (Lipinski definition) is 6. The monoisotopic (exact) mass is 302 g/mol. The minimum absolute atomic E-state index is 0.0382. The van der Waals surface area contributed by atoms with E-state index in [1.54, 1.807) is 0 Å². The molecule has 0 saturated carbocycles. The van der Waals surface area contributed by atoms with Gasteiger partial charge in [0.25, 0.3) is 0 Å². The van der Waals surface area contributed by atoms with E-state index in [-0.39, 0.29) is 23.1 Å². The minimum atomic E-state index is -0.518. The summed E-state index contributed by atoms with van der Waals surface area (Å²) in [6, 6.07) is -1.49. The second-order valence-electron chi connectivity index (χ2n) is 6.62. The Morgan fingerprint density at radius 1 is 0.955 bits per heavy atom. The molecule has 3 rings (SSSR count). The predicted molar refractivity (Wildman–Crippen MR) is 83.3 cm³/mol. The molecule has 0 aliphatic heterocycles. The molecule has 4 atom stereocenters. The summed E-state index contributed by atoms with van der Waals surface area (Å²) in [7, 11) is 0.